The number of rotatable bonds is 6. The van der Waals surface area contributed by atoms with Gasteiger partial charge in [-0.1, -0.05) is 0 Å². The average Bonchev–Trinajstić information content (AvgIpc) is 2.28. The normalized spacial score (nSPS) is 11.6. The molecule has 1 N–H and O–H groups in total. The van der Waals surface area contributed by atoms with Crippen LogP contribution in [0.4, 0.5) is 0 Å². The fourth-order valence-electron chi connectivity index (χ4n) is 1.38. The second-order valence-electron chi connectivity index (χ2n) is 4.68. The third-order valence-corrected chi connectivity index (χ3v) is 2.68. The first-order chi connectivity index (χ1) is 7.96. The largest absolute Gasteiger partial charge is 0.478 e. The Balaban J connectivity index is 2.55. The number of ether oxygens (including phenoxy) is 2. The summed E-state index contributed by atoms with van der Waals surface area (Å²) in [6, 6.07) is 3.60. The van der Waals surface area contributed by atoms with E-state index in [0.717, 1.165) is 17.7 Å². The lowest BCUT2D eigenvalue weighted by Gasteiger charge is -2.22. The Morgan fingerprint density at radius 3 is 2.65 bits per heavy atom. The maximum atomic E-state index is 9.08. The molecule has 1 aromatic heterocycles. The fourth-order valence-corrected chi connectivity index (χ4v) is 1.38. The van der Waals surface area contributed by atoms with E-state index in [1.165, 1.54) is 0 Å². The Kier molecular flexibility index (Phi) is 4.90. The van der Waals surface area contributed by atoms with Crippen LogP contribution in [0.5, 0.6) is 5.88 Å². The SMILES string of the molecule is COC(C)(C)CCOc1cc(CO)cc(C)n1. The van der Waals surface area contributed by atoms with Crippen LogP contribution in [-0.2, 0) is 11.3 Å². The van der Waals surface area contributed by atoms with Crippen molar-refractivity contribution < 1.29 is 14.6 Å². The summed E-state index contributed by atoms with van der Waals surface area (Å²) in [6.45, 7) is 6.45. The van der Waals surface area contributed by atoms with Crippen LogP contribution in [0.3, 0.4) is 0 Å². The van der Waals surface area contributed by atoms with E-state index in [-0.39, 0.29) is 12.2 Å². The van der Waals surface area contributed by atoms with Gasteiger partial charge in [0.2, 0.25) is 5.88 Å². The molecule has 4 heteroatoms. The smallest absolute Gasteiger partial charge is 0.213 e. The Bertz CT molecular complexity index is 364. The number of hydrogen-bond acceptors (Lipinski definition) is 4. The second kappa shape index (κ2) is 5.98. The lowest BCUT2D eigenvalue weighted by atomic mass is 10.1. The molecule has 17 heavy (non-hydrogen) atoms. The fraction of sp³-hybridized carbons (Fsp3) is 0.615. The third-order valence-electron chi connectivity index (χ3n) is 2.68. The Labute approximate surface area is 103 Å². The topological polar surface area (TPSA) is 51.6 Å². The van der Waals surface area contributed by atoms with Crippen LogP contribution in [0.1, 0.15) is 31.5 Å². The highest BCUT2D eigenvalue weighted by atomic mass is 16.5. The van der Waals surface area contributed by atoms with Crippen LogP contribution < -0.4 is 4.74 Å². The molecular formula is C13H21NO3. The van der Waals surface area contributed by atoms with Crippen molar-refractivity contribution in [2.75, 3.05) is 13.7 Å². The van der Waals surface area contributed by atoms with E-state index in [1.807, 2.05) is 26.8 Å². The summed E-state index contributed by atoms with van der Waals surface area (Å²) in [6.07, 6.45) is 0.785. The predicted octanol–water partition coefficient (Wildman–Crippen LogP) is 2.08. The minimum atomic E-state index is -0.191. The van der Waals surface area contributed by atoms with E-state index >= 15 is 0 Å². The number of aromatic nitrogens is 1. The molecule has 1 heterocycles. The highest BCUT2D eigenvalue weighted by molar-refractivity contribution is 5.23. The minimum absolute atomic E-state index is 0.00326. The van der Waals surface area contributed by atoms with Gasteiger partial charge in [-0.2, -0.15) is 0 Å². The van der Waals surface area contributed by atoms with E-state index < -0.39 is 0 Å². The Hall–Kier alpha value is -1.13. The van der Waals surface area contributed by atoms with E-state index in [2.05, 4.69) is 4.98 Å². The molecule has 0 fully saturated rings. The first-order valence-corrected chi connectivity index (χ1v) is 5.73. The zero-order valence-corrected chi connectivity index (χ0v) is 11.0. The molecule has 0 saturated heterocycles. The van der Waals surface area contributed by atoms with Gasteiger partial charge in [0.1, 0.15) is 0 Å². The highest BCUT2D eigenvalue weighted by Gasteiger charge is 2.16. The number of aliphatic hydroxyl groups excluding tert-OH is 1. The number of aliphatic hydroxyl groups is 1. The number of methoxy groups -OCH3 is 1. The maximum absolute atomic E-state index is 9.08. The molecule has 1 rings (SSSR count). The standard InChI is InChI=1S/C13H21NO3/c1-10-7-11(9-15)8-12(14-10)17-6-5-13(2,3)16-4/h7-8,15H,5-6,9H2,1-4H3. The lowest BCUT2D eigenvalue weighted by Crippen LogP contribution is -2.25. The maximum Gasteiger partial charge on any atom is 0.213 e. The molecule has 0 atom stereocenters. The summed E-state index contributed by atoms with van der Waals surface area (Å²) in [5.41, 5.74) is 1.47. The minimum Gasteiger partial charge on any atom is -0.478 e. The molecule has 0 radical (unpaired) electrons. The number of pyridine rings is 1. The monoisotopic (exact) mass is 239 g/mol. The summed E-state index contributed by atoms with van der Waals surface area (Å²) < 4.78 is 10.9. The van der Waals surface area contributed by atoms with Crippen molar-refractivity contribution in [3.05, 3.63) is 23.4 Å². The molecule has 0 unspecified atom stereocenters. The molecule has 0 aliphatic rings. The third kappa shape index (κ3) is 4.71. The van der Waals surface area contributed by atoms with Crippen molar-refractivity contribution in [2.24, 2.45) is 0 Å². The first kappa shape index (κ1) is 13.9. The van der Waals surface area contributed by atoms with Crippen LogP contribution in [0.2, 0.25) is 0 Å². The molecule has 0 bridgehead atoms. The van der Waals surface area contributed by atoms with Gasteiger partial charge in [-0.05, 0) is 32.4 Å². The van der Waals surface area contributed by atoms with Crippen LogP contribution in [0, 0.1) is 6.92 Å². The number of nitrogens with zero attached hydrogens (tertiary/aromatic N) is 1. The molecule has 0 amide bonds. The van der Waals surface area contributed by atoms with Crippen LogP contribution in [-0.4, -0.2) is 29.4 Å². The molecule has 1 aromatic rings. The summed E-state index contributed by atoms with van der Waals surface area (Å²) in [5, 5.41) is 9.08. The van der Waals surface area contributed by atoms with Gasteiger partial charge in [-0.15, -0.1) is 0 Å². The average molecular weight is 239 g/mol. The summed E-state index contributed by atoms with van der Waals surface area (Å²) in [5.74, 6) is 0.556. The van der Waals surface area contributed by atoms with Crippen molar-refractivity contribution in [2.45, 2.75) is 39.4 Å². The van der Waals surface area contributed by atoms with E-state index in [1.54, 1.807) is 13.2 Å². The van der Waals surface area contributed by atoms with Crippen LogP contribution in [0.15, 0.2) is 12.1 Å². The van der Waals surface area contributed by atoms with E-state index in [4.69, 9.17) is 14.6 Å². The summed E-state index contributed by atoms with van der Waals surface area (Å²) in [4.78, 5) is 4.25. The van der Waals surface area contributed by atoms with Crippen molar-refractivity contribution in [3.8, 4) is 5.88 Å². The molecule has 0 saturated carbocycles. The Morgan fingerprint density at radius 2 is 2.06 bits per heavy atom. The van der Waals surface area contributed by atoms with Crippen LogP contribution in [0.25, 0.3) is 0 Å². The van der Waals surface area contributed by atoms with Crippen molar-refractivity contribution in [1.29, 1.82) is 0 Å². The lowest BCUT2D eigenvalue weighted by molar-refractivity contribution is 0.00506. The Morgan fingerprint density at radius 1 is 1.35 bits per heavy atom. The van der Waals surface area contributed by atoms with E-state index in [9.17, 15) is 0 Å². The van der Waals surface area contributed by atoms with Gasteiger partial charge >= 0.3 is 0 Å². The van der Waals surface area contributed by atoms with Crippen molar-refractivity contribution >= 4 is 0 Å². The van der Waals surface area contributed by atoms with Crippen molar-refractivity contribution in [3.63, 3.8) is 0 Å². The van der Waals surface area contributed by atoms with Gasteiger partial charge < -0.3 is 14.6 Å². The summed E-state index contributed by atoms with van der Waals surface area (Å²) in [7, 11) is 1.69. The molecule has 0 spiro atoms. The van der Waals surface area contributed by atoms with E-state index in [0.29, 0.717) is 12.5 Å². The summed E-state index contributed by atoms with van der Waals surface area (Å²) >= 11 is 0. The van der Waals surface area contributed by atoms with Crippen molar-refractivity contribution in [1.82, 2.24) is 4.98 Å². The predicted molar refractivity (Wildman–Crippen MR) is 66.1 cm³/mol. The molecular weight excluding hydrogens is 218 g/mol. The molecule has 0 aromatic carbocycles. The second-order valence-corrected chi connectivity index (χ2v) is 4.68. The molecule has 0 aliphatic heterocycles. The molecule has 96 valence electrons. The van der Waals surface area contributed by atoms with Gasteiger partial charge in [-0.25, -0.2) is 4.98 Å². The van der Waals surface area contributed by atoms with Gasteiger partial charge in [0.25, 0.3) is 0 Å². The quantitative estimate of drug-likeness (QED) is 0.825. The highest BCUT2D eigenvalue weighted by Crippen LogP contribution is 2.16. The molecule has 4 nitrogen and oxygen atoms in total. The number of hydrogen-bond donors (Lipinski definition) is 1. The van der Waals surface area contributed by atoms with Gasteiger partial charge in [0, 0.05) is 25.3 Å². The molecule has 0 aliphatic carbocycles. The number of aryl methyl sites for hydroxylation is 1. The van der Waals surface area contributed by atoms with Crippen LogP contribution >= 0.6 is 0 Å². The van der Waals surface area contributed by atoms with Gasteiger partial charge in [0.05, 0.1) is 18.8 Å². The first-order valence-electron chi connectivity index (χ1n) is 5.73. The van der Waals surface area contributed by atoms with Gasteiger partial charge in [-0.3, -0.25) is 0 Å². The zero-order chi connectivity index (χ0) is 12.9. The zero-order valence-electron chi connectivity index (χ0n) is 11.0. The van der Waals surface area contributed by atoms with Gasteiger partial charge in [0.15, 0.2) is 0 Å².